The summed E-state index contributed by atoms with van der Waals surface area (Å²) in [6.07, 6.45) is 8.06. The third-order valence-electron chi connectivity index (χ3n) is 3.95. The summed E-state index contributed by atoms with van der Waals surface area (Å²) in [6, 6.07) is 0. The summed E-state index contributed by atoms with van der Waals surface area (Å²) in [5.41, 5.74) is 1.56. The molecule has 0 bridgehead atoms. The Balaban J connectivity index is 2.38. The molecule has 0 amide bonds. The summed E-state index contributed by atoms with van der Waals surface area (Å²) in [6.45, 7) is 9.38. The Morgan fingerprint density at radius 2 is 2.11 bits per heavy atom. The number of fused-ring (bicyclic) bond motifs is 1. The molecule has 100 valence electrons. The second-order valence-corrected chi connectivity index (χ2v) is 11.3. The first kappa shape index (κ1) is 13.6. The first-order valence-corrected chi connectivity index (χ1v) is 10.5. The average Bonchev–Trinajstić information content (AvgIpc) is 2.74. The van der Waals surface area contributed by atoms with Crippen molar-refractivity contribution in [3.63, 3.8) is 0 Å². The summed E-state index contributed by atoms with van der Waals surface area (Å²) < 4.78 is 5.25. The molecular weight excluding hydrogens is 240 g/mol. The molecule has 0 saturated heterocycles. The van der Waals surface area contributed by atoms with E-state index in [1.54, 1.807) is 5.57 Å². The molecule has 0 aromatic rings. The van der Waals surface area contributed by atoms with Gasteiger partial charge in [-0.15, -0.1) is 0 Å². The molecule has 2 nitrogen and oxygen atoms in total. The zero-order valence-electron chi connectivity index (χ0n) is 12.0. The van der Waals surface area contributed by atoms with Gasteiger partial charge in [-0.1, -0.05) is 42.6 Å². The molecule has 2 rings (SSSR count). The number of hydrogen-bond donors (Lipinski definition) is 0. The van der Waals surface area contributed by atoms with Gasteiger partial charge in [-0.3, -0.25) is 4.79 Å². The molecule has 0 aromatic carbocycles. The molecule has 0 aliphatic heterocycles. The number of carbonyl (C=O) groups is 1. The van der Waals surface area contributed by atoms with E-state index >= 15 is 0 Å². The zero-order valence-corrected chi connectivity index (χ0v) is 13.0. The lowest BCUT2D eigenvalue weighted by Crippen LogP contribution is -2.36. The maximum atomic E-state index is 12.2. The molecule has 0 spiro atoms. The Labute approximate surface area is 111 Å². The van der Waals surface area contributed by atoms with Crippen LogP contribution in [0, 0.1) is 11.8 Å². The number of hydrogen-bond acceptors (Lipinski definition) is 2. The fraction of sp³-hybridized carbons (Fsp3) is 0.667. The molecule has 0 aromatic heterocycles. The van der Waals surface area contributed by atoms with Crippen LogP contribution >= 0.6 is 0 Å². The first-order valence-electron chi connectivity index (χ1n) is 7.03. The molecule has 18 heavy (non-hydrogen) atoms. The molecule has 3 heteroatoms. The van der Waals surface area contributed by atoms with Crippen molar-refractivity contribution in [2.24, 2.45) is 11.8 Å². The second-order valence-electron chi connectivity index (χ2n) is 6.30. The molecule has 0 N–H and O–H groups in total. The van der Waals surface area contributed by atoms with Gasteiger partial charge in [-0.05, 0) is 32.1 Å². The monoisotopic (exact) mass is 264 g/mol. The van der Waals surface area contributed by atoms with Gasteiger partial charge < -0.3 is 4.74 Å². The van der Waals surface area contributed by atoms with Crippen LogP contribution in [0.25, 0.3) is 0 Å². The fourth-order valence-corrected chi connectivity index (χ4v) is 5.76. The molecule has 2 aliphatic rings. The smallest absolute Gasteiger partial charge is 0.316 e. The van der Waals surface area contributed by atoms with Crippen LogP contribution in [-0.4, -0.2) is 20.7 Å². The van der Waals surface area contributed by atoms with Crippen molar-refractivity contribution in [1.82, 2.24) is 0 Å². The molecule has 1 fully saturated rings. The fourth-order valence-electron chi connectivity index (χ4n) is 3.34. The highest BCUT2D eigenvalue weighted by molar-refractivity contribution is 6.83. The van der Waals surface area contributed by atoms with Gasteiger partial charge in [0.15, 0.2) is 0 Å². The third-order valence-corrected chi connectivity index (χ3v) is 6.20. The molecule has 0 unspecified atom stereocenters. The van der Waals surface area contributed by atoms with Gasteiger partial charge in [0.25, 0.3) is 0 Å². The van der Waals surface area contributed by atoms with Crippen molar-refractivity contribution < 1.29 is 9.53 Å². The number of ether oxygens (including phenoxy) is 1. The molecule has 0 radical (unpaired) electrons. The van der Waals surface area contributed by atoms with Crippen molar-refractivity contribution in [3.05, 3.63) is 22.9 Å². The highest BCUT2D eigenvalue weighted by Gasteiger charge is 2.38. The summed E-state index contributed by atoms with van der Waals surface area (Å²) >= 11 is 0. The number of esters is 1. The van der Waals surface area contributed by atoms with Crippen LogP contribution in [0.2, 0.25) is 19.6 Å². The minimum absolute atomic E-state index is 0.0518. The Morgan fingerprint density at radius 3 is 2.72 bits per heavy atom. The Hall–Kier alpha value is -0.833. The van der Waals surface area contributed by atoms with Crippen LogP contribution in [0.5, 0.6) is 0 Å². The van der Waals surface area contributed by atoms with E-state index in [4.69, 9.17) is 4.74 Å². The maximum Gasteiger partial charge on any atom is 0.316 e. The normalized spacial score (nSPS) is 27.3. The van der Waals surface area contributed by atoms with Gasteiger partial charge in [-0.25, -0.2) is 0 Å². The van der Waals surface area contributed by atoms with E-state index in [0.717, 1.165) is 0 Å². The van der Waals surface area contributed by atoms with Gasteiger partial charge in [0.1, 0.15) is 0 Å². The largest absolute Gasteiger partial charge is 0.465 e. The Morgan fingerprint density at radius 1 is 1.39 bits per heavy atom. The first-order chi connectivity index (χ1) is 8.45. The predicted octanol–water partition coefficient (Wildman–Crippen LogP) is 3.71. The second kappa shape index (κ2) is 5.04. The predicted molar refractivity (Wildman–Crippen MR) is 77.0 cm³/mol. The summed E-state index contributed by atoms with van der Waals surface area (Å²) in [4.78, 5) is 12.2. The van der Waals surface area contributed by atoms with Gasteiger partial charge in [0.05, 0.1) is 20.6 Å². The van der Waals surface area contributed by atoms with E-state index in [-0.39, 0.29) is 11.9 Å². The summed E-state index contributed by atoms with van der Waals surface area (Å²) in [5.74, 6) is 0.461. The number of allylic oxidation sites excluding steroid dienone is 2. The van der Waals surface area contributed by atoms with Crippen molar-refractivity contribution in [1.29, 1.82) is 0 Å². The quantitative estimate of drug-likeness (QED) is 0.441. The van der Waals surface area contributed by atoms with Crippen molar-refractivity contribution in [2.75, 3.05) is 6.61 Å². The zero-order chi connectivity index (χ0) is 13.3. The lowest BCUT2D eigenvalue weighted by Gasteiger charge is -2.33. The van der Waals surface area contributed by atoms with Crippen LogP contribution in [0.1, 0.15) is 26.2 Å². The topological polar surface area (TPSA) is 26.3 Å². The molecular formula is C15H24O2Si. The van der Waals surface area contributed by atoms with Gasteiger partial charge >= 0.3 is 5.97 Å². The van der Waals surface area contributed by atoms with E-state index in [1.807, 2.05) is 6.92 Å². The van der Waals surface area contributed by atoms with E-state index in [9.17, 15) is 4.79 Å². The minimum atomic E-state index is -1.47. The van der Waals surface area contributed by atoms with E-state index in [1.165, 1.54) is 24.5 Å². The van der Waals surface area contributed by atoms with Crippen molar-refractivity contribution in [2.45, 2.75) is 45.8 Å². The minimum Gasteiger partial charge on any atom is -0.465 e. The lowest BCUT2D eigenvalue weighted by molar-refractivity contribution is -0.145. The van der Waals surface area contributed by atoms with Crippen LogP contribution in [-0.2, 0) is 9.53 Å². The van der Waals surface area contributed by atoms with Crippen LogP contribution < -0.4 is 0 Å². The van der Waals surface area contributed by atoms with E-state index < -0.39 is 8.07 Å². The van der Waals surface area contributed by atoms with Crippen LogP contribution in [0.15, 0.2) is 22.9 Å². The van der Waals surface area contributed by atoms with Crippen LogP contribution in [0.3, 0.4) is 0 Å². The van der Waals surface area contributed by atoms with Gasteiger partial charge in [0.2, 0.25) is 0 Å². The number of carbonyl (C=O) groups excluding carboxylic acids is 1. The van der Waals surface area contributed by atoms with Gasteiger partial charge in [0, 0.05) is 0 Å². The molecule has 2 aliphatic carbocycles. The Bertz CT molecular complexity index is 401. The highest BCUT2D eigenvalue weighted by Crippen LogP contribution is 2.43. The van der Waals surface area contributed by atoms with E-state index in [2.05, 4.69) is 31.8 Å². The average molecular weight is 264 g/mol. The maximum absolute atomic E-state index is 12.2. The molecule has 1 saturated carbocycles. The van der Waals surface area contributed by atoms with Crippen LogP contribution in [0.4, 0.5) is 0 Å². The summed E-state index contributed by atoms with van der Waals surface area (Å²) in [5, 5.41) is 1.45. The number of rotatable bonds is 3. The third kappa shape index (κ3) is 2.46. The van der Waals surface area contributed by atoms with Crippen molar-refractivity contribution >= 4 is 14.0 Å². The summed E-state index contributed by atoms with van der Waals surface area (Å²) in [7, 11) is -1.47. The standard InChI is InChI=1S/C15H24O2Si/c1-5-17-15(16)13-10-9-11-7-6-8-12(11)14(13)18(2,3)4/h9-11,13H,5-8H2,1-4H3/t11-,13+/m0/s1. The highest BCUT2D eigenvalue weighted by atomic mass is 28.3. The molecule has 2 atom stereocenters. The Kier molecular flexibility index (Phi) is 3.81. The SMILES string of the molecule is CCOC(=O)[C@@H]1C=C[C@@H]2CCCC2=C1[Si](C)(C)C. The van der Waals surface area contributed by atoms with E-state index in [0.29, 0.717) is 12.5 Å². The van der Waals surface area contributed by atoms with Gasteiger partial charge in [-0.2, -0.15) is 0 Å². The lowest BCUT2D eigenvalue weighted by atomic mass is 9.90. The molecule has 0 heterocycles. The van der Waals surface area contributed by atoms with Crippen molar-refractivity contribution in [3.8, 4) is 0 Å².